The van der Waals surface area contributed by atoms with Crippen LogP contribution in [0.3, 0.4) is 0 Å². The van der Waals surface area contributed by atoms with Crippen molar-refractivity contribution in [1.82, 2.24) is 0 Å². The zero-order chi connectivity index (χ0) is 11.8. The van der Waals surface area contributed by atoms with E-state index in [9.17, 15) is 10.1 Å². The molecule has 84 valence electrons. The first-order valence-electron chi connectivity index (χ1n) is 4.62. The molecular weight excluding hydrogens is 212 g/mol. The van der Waals surface area contributed by atoms with E-state index in [2.05, 4.69) is 10.0 Å². The number of nitro benzene ring substituents is 1. The molecule has 7 nitrogen and oxygen atoms in total. The third-order valence-corrected chi connectivity index (χ3v) is 1.78. The molecule has 0 aliphatic carbocycles. The Hall–Kier alpha value is -2.27. The molecule has 0 fully saturated rings. The molecule has 0 bridgehead atoms. The highest BCUT2D eigenvalue weighted by molar-refractivity contribution is 5.35. The van der Waals surface area contributed by atoms with Gasteiger partial charge in [0.25, 0.3) is 5.69 Å². The van der Waals surface area contributed by atoms with E-state index in [1.165, 1.54) is 24.3 Å². The average Bonchev–Trinajstić information content (AvgIpc) is 2.29. The smallest absolute Gasteiger partial charge is 0.269 e. The van der Waals surface area contributed by atoms with E-state index in [0.29, 0.717) is 25.3 Å². The van der Waals surface area contributed by atoms with Gasteiger partial charge in [-0.2, -0.15) is 0 Å². The van der Waals surface area contributed by atoms with Gasteiger partial charge in [-0.15, -0.1) is 0 Å². The monoisotopic (exact) mass is 222 g/mol. The number of nitro groups is 1. The molecule has 0 N–H and O–H groups in total. The number of benzene rings is 1. The second-order valence-corrected chi connectivity index (χ2v) is 2.91. The normalized spacial score (nSPS) is 9.25. The van der Waals surface area contributed by atoms with E-state index < -0.39 is 4.92 Å². The molecule has 0 aliphatic heterocycles. The van der Waals surface area contributed by atoms with Gasteiger partial charge in [-0.3, -0.25) is 10.1 Å². The lowest BCUT2D eigenvalue weighted by atomic mass is 10.3. The van der Waals surface area contributed by atoms with Crippen LogP contribution in [0.1, 0.15) is 6.42 Å². The Labute approximate surface area is 91.4 Å². The molecule has 0 atom stereocenters. The summed E-state index contributed by atoms with van der Waals surface area (Å²) in [6, 6.07) is 5.82. The molecule has 0 amide bonds. The van der Waals surface area contributed by atoms with Gasteiger partial charge in [0.2, 0.25) is 0 Å². The Morgan fingerprint density at radius 1 is 1.44 bits per heavy atom. The quantitative estimate of drug-likeness (QED) is 0.184. The molecule has 0 aliphatic rings. The van der Waals surface area contributed by atoms with Crippen LogP contribution in [-0.4, -0.2) is 18.1 Å². The maximum Gasteiger partial charge on any atom is 0.269 e. The fourth-order valence-corrected chi connectivity index (χ4v) is 1.03. The van der Waals surface area contributed by atoms with Crippen LogP contribution in [0, 0.1) is 10.1 Å². The topological polar surface area (TPSA) is 101 Å². The van der Waals surface area contributed by atoms with Crippen molar-refractivity contribution in [3.63, 3.8) is 0 Å². The molecule has 0 saturated heterocycles. The Balaban J connectivity index is 2.37. The van der Waals surface area contributed by atoms with Gasteiger partial charge < -0.3 is 4.74 Å². The Kier molecular flexibility index (Phi) is 4.62. The summed E-state index contributed by atoms with van der Waals surface area (Å²) >= 11 is 0. The Morgan fingerprint density at radius 2 is 2.12 bits per heavy atom. The van der Waals surface area contributed by atoms with E-state index >= 15 is 0 Å². The lowest BCUT2D eigenvalue weighted by molar-refractivity contribution is -0.384. The Bertz CT molecular complexity index is 398. The molecule has 7 heteroatoms. The molecular formula is C9H10N4O3. The van der Waals surface area contributed by atoms with Gasteiger partial charge in [-0.25, -0.2) is 0 Å². The first-order chi connectivity index (χ1) is 7.74. The minimum absolute atomic E-state index is 0.0291. The van der Waals surface area contributed by atoms with E-state index in [0.717, 1.165) is 0 Å². The first kappa shape index (κ1) is 11.8. The van der Waals surface area contributed by atoms with Crippen LogP contribution in [0.25, 0.3) is 10.4 Å². The summed E-state index contributed by atoms with van der Waals surface area (Å²) in [5.41, 5.74) is 8.05. The SMILES string of the molecule is [N-]=[N+]=NCCCOc1ccc([N+](=O)[O-])cc1. The highest BCUT2D eigenvalue weighted by Gasteiger charge is 2.03. The molecule has 0 aromatic heterocycles. The highest BCUT2D eigenvalue weighted by atomic mass is 16.6. The zero-order valence-corrected chi connectivity index (χ0v) is 8.44. The molecule has 0 unspecified atom stereocenters. The summed E-state index contributed by atoms with van der Waals surface area (Å²) in [5.74, 6) is 0.562. The first-order valence-corrected chi connectivity index (χ1v) is 4.62. The fraction of sp³-hybridized carbons (Fsp3) is 0.333. The van der Waals surface area contributed by atoms with Crippen molar-refractivity contribution >= 4 is 5.69 Å². The molecule has 16 heavy (non-hydrogen) atoms. The molecule has 1 rings (SSSR count). The number of hydrogen-bond acceptors (Lipinski definition) is 4. The number of ether oxygens (including phenoxy) is 1. The second kappa shape index (κ2) is 6.26. The number of non-ortho nitro benzene ring substituents is 1. The maximum atomic E-state index is 10.4. The van der Waals surface area contributed by atoms with Gasteiger partial charge in [0.1, 0.15) is 5.75 Å². The van der Waals surface area contributed by atoms with Gasteiger partial charge in [-0.05, 0) is 24.1 Å². The highest BCUT2D eigenvalue weighted by Crippen LogP contribution is 2.17. The fourth-order valence-electron chi connectivity index (χ4n) is 1.03. The minimum atomic E-state index is -0.467. The van der Waals surface area contributed by atoms with E-state index in [1.807, 2.05) is 0 Å². The lowest BCUT2D eigenvalue weighted by Gasteiger charge is -2.03. The Morgan fingerprint density at radius 3 is 2.69 bits per heavy atom. The predicted octanol–water partition coefficient (Wildman–Crippen LogP) is 2.67. The van der Waals surface area contributed by atoms with Crippen molar-refractivity contribution in [2.45, 2.75) is 6.42 Å². The van der Waals surface area contributed by atoms with Crippen LogP contribution in [0.4, 0.5) is 5.69 Å². The summed E-state index contributed by atoms with van der Waals surface area (Å²) in [4.78, 5) is 12.5. The lowest BCUT2D eigenvalue weighted by Crippen LogP contribution is -1.98. The van der Waals surface area contributed by atoms with Gasteiger partial charge in [0.05, 0.1) is 11.5 Å². The molecule has 1 aromatic carbocycles. The average molecular weight is 222 g/mol. The van der Waals surface area contributed by atoms with Gasteiger partial charge in [-0.1, -0.05) is 5.11 Å². The van der Waals surface area contributed by atoms with Crippen LogP contribution in [0.2, 0.25) is 0 Å². The maximum absolute atomic E-state index is 10.4. The van der Waals surface area contributed by atoms with E-state index in [-0.39, 0.29) is 5.69 Å². The van der Waals surface area contributed by atoms with Gasteiger partial charge in [0, 0.05) is 23.6 Å². The molecule has 0 spiro atoms. The van der Waals surface area contributed by atoms with Gasteiger partial charge in [0.15, 0.2) is 0 Å². The largest absolute Gasteiger partial charge is 0.494 e. The minimum Gasteiger partial charge on any atom is -0.494 e. The van der Waals surface area contributed by atoms with Crippen molar-refractivity contribution in [3.8, 4) is 5.75 Å². The van der Waals surface area contributed by atoms with Crippen LogP contribution in [0.5, 0.6) is 5.75 Å². The van der Waals surface area contributed by atoms with Crippen molar-refractivity contribution in [2.75, 3.05) is 13.2 Å². The van der Waals surface area contributed by atoms with Crippen LogP contribution in [0.15, 0.2) is 29.4 Å². The van der Waals surface area contributed by atoms with Gasteiger partial charge >= 0.3 is 0 Å². The zero-order valence-electron chi connectivity index (χ0n) is 8.44. The van der Waals surface area contributed by atoms with E-state index in [4.69, 9.17) is 10.3 Å². The third-order valence-electron chi connectivity index (χ3n) is 1.78. The predicted molar refractivity (Wildman–Crippen MR) is 57.2 cm³/mol. The summed E-state index contributed by atoms with van der Waals surface area (Å²) in [6.07, 6.45) is 0.612. The standard InChI is InChI=1S/C9H10N4O3/c10-12-11-6-1-7-16-9-4-2-8(3-5-9)13(14)15/h2-5H,1,6-7H2. The van der Waals surface area contributed by atoms with E-state index in [1.54, 1.807) is 0 Å². The number of rotatable bonds is 6. The summed E-state index contributed by atoms with van der Waals surface area (Å²) in [7, 11) is 0. The van der Waals surface area contributed by atoms with Crippen molar-refractivity contribution in [3.05, 3.63) is 44.8 Å². The summed E-state index contributed by atoms with van der Waals surface area (Å²) in [5, 5.41) is 13.7. The van der Waals surface area contributed by atoms with Crippen LogP contribution < -0.4 is 4.74 Å². The third kappa shape index (κ3) is 3.85. The number of hydrogen-bond donors (Lipinski definition) is 0. The molecule has 0 radical (unpaired) electrons. The molecule has 1 aromatic rings. The van der Waals surface area contributed by atoms with Crippen molar-refractivity contribution in [2.24, 2.45) is 5.11 Å². The second-order valence-electron chi connectivity index (χ2n) is 2.91. The summed E-state index contributed by atoms with van der Waals surface area (Å²) < 4.78 is 5.28. The van der Waals surface area contributed by atoms with Crippen LogP contribution in [-0.2, 0) is 0 Å². The van der Waals surface area contributed by atoms with Crippen molar-refractivity contribution in [1.29, 1.82) is 0 Å². The molecule has 0 heterocycles. The summed E-state index contributed by atoms with van der Waals surface area (Å²) in [6.45, 7) is 0.792. The number of nitrogens with zero attached hydrogens (tertiary/aromatic N) is 4. The molecule has 0 saturated carbocycles. The van der Waals surface area contributed by atoms with Crippen LogP contribution >= 0.6 is 0 Å². The van der Waals surface area contributed by atoms with Crippen molar-refractivity contribution < 1.29 is 9.66 Å². The number of azide groups is 1.